The molecule has 22 heavy (non-hydrogen) atoms. The monoisotopic (exact) mass is 360 g/mol. The number of benzene rings is 2. The molecule has 114 valence electrons. The molecule has 0 aromatic heterocycles. The molecule has 5 heteroatoms. The molecular weight excluding hydrogens is 344 g/mol. The number of amides is 2. The van der Waals surface area contributed by atoms with E-state index in [1.807, 2.05) is 54.6 Å². The molecule has 0 saturated carbocycles. The fourth-order valence-corrected chi connectivity index (χ4v) is 2.06. The van der Waals surface area contributed by atoms with Gasteiger partial charge in [-0.05, 0) is 41.5 Å². The number of methoxy groups -OCH3 is 1. The zero-order valence-corrected chi connectivity index (χ0v) is 13.8. The highest BCUT2D eigenvalue weighted by atomic mass is 79.9. The van der Waals surface area contributed by atoms with Crippen LogP contribution in [0.4, 0.5) is 4.79 Å². The molecule has 0 aliphatic heterocycles. The summed E-state index contributed by atoms with van der Waals surface area (Å²) in [6, 6.07) is 15.1. The van der Waals surface area contributed by atoms with E-state index >= 15 is 0 Å². The summed E-state index contributed by atoms with van der Waals surface area (Å²) in [6.07, 6.45) is 3.41. The largest absolute Gasteiger partial charge is 0.497 e. The van der Waals surface area contributed by atoms with E-state index in [1.54, 1.807) is 13.3 Å². The van der Waals surface area contributed by atoms with Crippen LogP contribution in [0, 0.1) is 0 Å². The summed E-state index contributed by atoms with van der Waals surface area (Å²) < 4.78 is 6.16. The highest BCUT2D eigenvalue weighted by Crippen LogP contribution is 2.13. The maximum Gasteiger partial charge on any atom is 0.319 e. The average molecular weight is 361 g/mol. The van der Waals surface area contributed by atoms with Gasteiger partial charge in [0, 0.05) is 17.2 Å². The topological polar surface area (TPSA) is 50.4 Å². The van der Waals surface area contributed by atoms with E-state index in [4.69, 9.17) is 4.74 Å². The lowest BCUT2D eigenvalue weighted by atomic mass is 10.2. The normalized spacial score (nSPS) is 10.5. The van der Waals surface area contributed by atoms with Gasteiger partial charge < -0.3 is 15.4 Å². The summed E-state index contributed by atoms with van der Waals surface area (Å²) >= 11 is 3.37. The maximum atomic E-state index is 11.7. The summed E-state index contributed by atoms with van der Waals surface area (Å²) in [6.45, 7) is 0.478. The highest BCUT2D eigenvalue weighted by Gasteiger charge is 1.98. The Kier molecular flexibility index (Phi) is 6.03. The molecule has 0 saturated heterocycles. The maximum absolute atomic E-state index is 11.7. The first kappa shape index (κ1) is 16.1. The van der Waals surface area contributed by atoms with E-state index in [0.717, 1.165) is 21.3 Å². The van der Waals surface area contributed by atoms with Crippen molar-refractivity contribution in [3.05, 3.63) is 70.3 Å². The molecule has 2 aromatic carbocycles. The number of hydrogen-bond acceptors (Lipinski definition) is 2. The van der Waals surface area contributed by atoms with Crippen molar-refractivity contribution < 1.29 is 9.53 Å². The Balaban J connectivity index is 1.79. The number of rotatable bonds is 5. The fourth-order valence-electron chi connectivity index (χ4n) is 1.79. The Labute approximate surface area is 138 Å². The molecular formula is C17H17BrN2O2. The Hall–Kier alpha value is -2.27. The van der Waals surface area contributed by atoms with Gasteiger partial charge in [0.25, 0.3) is 0 Å². The van der Waals surface area contributed by atoms with E-state index in [1.165, 1.54) is 0 Å². The van der Waals surface area contributed by atoms with Crippen molar-refractivity contribution in [1.29, 1.82) is 0 Å². The number of urea groups is 1. The van der Waals surface area contributed by atoms with Crippen molar-refractivity contribution >= 4 is 28.0 Å². The van der Waals surface area contributed by atoms with Crippen LogP contribution in [0.2, 0.25) is 0 Å². The molecule has 0 unspecified atom stereocenters. The lowest BCUT2D eigenvalue weighted by Crippen LogP contribution is -2.31. The summed E-state index contributed by atoms with van der Waals surface area (Å²) in [7, 11) is 1.62. The first-order valence-electron chi connectivity index (χ1n) is 6.77. The number of hydrogen-bond donors (Lipinski definition) is 2. The van der Waals surface area contributed by atoms with Crippen molar-refractivity contribution in [2.24, 2.45) is 0 Å². The van der Waals surface area contributed by atoms with Gasteiger partial charge in [-0.25, -0.2) is 4.79 Å². The molecule has 0 radical (unpaired) electrons. The molecule has 2 N–H and O–H groups in total. The molecule has 2 rings (SSSR count). The third-order valence-electron chi connectivity index (χ3n) is 2.95. The van der Waals surface area contributed by atoms with Crippen molar-refractivity contribution in [1.82, 2.24) is 10.6 Å². The Morgan fingerprint density at radius 1 is 1.23 bits per heavy atom. The molecule has 0 atom stereocenters. The SMILES string of the molecule is COc1cccc(/C=C/NC(=O)NCc2ccc(Br)cc2)c1. The standard InChI is InChI=1S/C17H17BrN2O2/c1-22-16-4-2-3-13(11-16)9-10-19-17(21)20-12-14-5-7-15(18)8-6-14/h2-11H,12H2,1H3,(H2,19,20,21)/b10-9+. The van der Waals surface area contributed by atoms with Gasteiger partial charge in [-0.1, -0.05) is 40.2 Å². The Morgan fingerprint density at radius 2 is 2.00 bits per heavy atom. The van der Waals surface area contributed by atoms with Gasteiger partial charge in [0.1, 0.15) is 5.75 Å². The quantitative estimate of drug-likeness (QED) is 0.848. The van der Waals surface area contributed by atoms with Crippen LogP contribution in [0.3, 0.4) is 0 Å². The number of halogens is 1. The van der Waals surface area contributed by atoms with Gasteiger partial charge in [0.05, 0.1) is 7.11 Å². The predicted molar refractivity (Wildman–Crippen MR) is 91.5 cm³/mol. The molecule has 0 heterocycles. The molecule has 0 aliphatic carbocycles. The first-order valence-corrected chi connectivity index (χ1v) is 7.56. The van der Waals surface area contributed by atoms with Crippen molar-refractivity contribution in [2.75, 3.05) is 7.11 Å². The summed E-state index contributed by atoms with van der Waals surface area (Å²) in [5.41, 5.74) is 1.99. The second kappa shape index (κ2) is 8.24. The molecule has 0 bridgehead atoms. The van der Waals surface area contributed by atoms with Crippen LogP contribution in [0.15, 0.2) is 59.2 Å². The van der Waals surface area contributed by atoms with Gasteiger partial charge >= 0.3 is 6.03 Å². The summed E-state index contributed by atoms with van der Waals surface area (Å²) in [5, 5.41) is 5.46. The molecule has 0 aliphatic rings. The van der Waals surface area contributed by atoms with Crippen LogP contribution in [-0.2, 0) is 6.54 Å². The molecule has 2 amide bonds. The minimum Gasteiger partial charge on any atom is -0.497 e. The number of ether oxygens (including phenoxy) is 1. The Bertz CT molecular complexity index is 654. The smallest absolute Gasteiger partial charge is 0.319 e. The second-order valence-corrected chi connectivity index (χ2v) is 5.48. The minimum absolute atomic E-state index is 0.248. The highest BCUT2D eigenvalue weighted by molar-refractivity contribution is 9.10. The van der Waals surface area contributed by atoms with E-state index < -0.39 is 0 Å². The summed E-state index contributed by atoms with van der Waals surface area (Å²) in [5.74, 6) is 0.779. The van der Waals surface area contributed by atoms with Crippen LogP contribution in [0.25, 0.3) is 6.08 Å². The minimum atomic E-state index is -0.248. The van der Waals surface area contributed by atoms with Crippen molar-refractivity contribution in [2.45, 2.75) is 6.54 Å². The molecule has 4 nitrogen and oxygen atoms in total. The zero-order chi connectivity index (χ0) is 15.8. The van der Waals surface area contributed by atoms with Gasteiger partial charge in [-0.15, -0.1) is 0 Å². The van der Waals surface area contributed by atoms with Crippen LogP contribution in [0.1, 0.15) is 11.1 Å². The molecule has 0 spiro atoms. The van der Waals surface area contributed by atoms with Gasteiger partial charge in [0.2, 0.25) is 0 Å². The fraction of sp³-hybridized carbons (Fsp3) is 0.118. The Morgan fingerprint density at radius 3 is 2.73 bits per heavy atom. The van der Waals surface area contributed by atoms with Crippen LogP contribution in [-0.4, -0.2) is 13.1 Å². The molecule has 0 fully saturated rings. The number of carbonyl (C=O) groups excluding carboxylic acids is 1. The second-order valence-electron chi connectivity index (χ2n) is 4.56. The lowest BCUT2D eigenvalue weighted by molar-refractivity contribution is 0.244. The van der Waals surface area contributed by atoms with Gasteiger partial charge in [0.15, 0.2) is 0 Å². The van der Waals surface area contributed by atoms with Gasteiger partial charge in [-0.3, -0.25) is 0 Å². The van der Waals surface area contributed by atoms with Crippen LogP contribution < -0.4 is 15.4 Å². The van der Waals surface area contributed by atoms with E-state index in [9.17, 15) is 4.79 Å². The van der Waals surface area contributed by atoms with Crippen molar-refractivity contribution in [3.63, 3.8) is 0 Å². The third kappa shape index (κ3) is 5.26. The first-order chi connectivity index (χ1) is 10.7. The van der Waals surface area contributed by atoms with Crippen LogP contribution in [0.5, 0.6) is 5.75 Å². The van der Waals surface area contributed by atoms with Gasteiger partial charge in [-0.2, -0.15) is 0 Å². The van der Waals surface area contributed by atoms with E-state index in [0.29, 0.717) is 6.54 Å². The summed E-state index contributed by atoms with van der Waals surface area (Å²) in [4.78, 5) is 11.7. The van der Waals surface area contributed by atoms with E-state index in [2.05, 4.69) is 26.6 Å². The number of nitrogens with one attached hydrogen (secondary N) is 2. The molecule has 2 aromatic rings. The third-order valence-corrected chi connectivity index (χ3v) is 3.48. The lowest BCUT2D eigenvalue weighted by Gasteiger charge is -2.05. The predicted octanol–water partition coefficient (Wildman–Crippen LogP) is 3.93. The average Bonchev–Trinajstić information content (AvgIpc) is 2.54. The van der Waals surface area contributed by atoms with Crippen LogP contribution >= 0.6 is 15.9 Å². The number of carbonyl (C=O) groups is 1. The van der Waals surface area contributed by atoms with E-state index in [-0.39, 0.29) is 6.03 Å². The zero-order valence-electron chi connectivity index (χ0n) is 12.2. The van der Waals surface area contributed by atoms with Crippen molar-refractivity contribution in [3.8, 4) is 5.75 Å².